The molecule has 1 fully saturated rings. The van der Waals surface area contributed by atoms with E-state index in [0.29, 0.717) is 23.1 Å². The van der Waals surface area contributed by atoms with Gasteiger partial charge in [0.05, 0.1) is 0 Å². The highest BCUT2D eigenvalue weighted by Crippen LogP contribution is 2.24. The van der Waals surface area contributed by atoms with Crippen molar-refractivity contribution in [3.05, 3.63) is 41.0 Å². The second-order valence-corrected chi connectivity index (χ2v) is 7.87. The zero-order chi connectivity index (χ0) is 20.1. The Morgan fingerprint density at radius 2 is 1.82 bits per heavy atom. The van der Waals surface area contributed by atoms with E-state index in [1.807, 2.05) is 25.1 Å². The largest absolute Gasteiger partial charge is 0.369 e. The van der Waals surface area contributed by atoms with Crippen molar-refractivity contribution in [3.63, 3.8) is 0 Å². The lowest BCUT2D eigenvalue weighted by molar-refractivity contribution is 0.221. The molecule has 0 spiro atoms. The molecule has 4 N–H and O–H groups in total. The summed E-state index contributed by atoms with van der Waals surface area (Å²) < 4.78 is 0. The van der Waals surface area contributed by atoms with Crippen LogP contribution in [0.4, 0.5) is 17.5 Å². The zero-order valence-electron chi connectivity index (χ0n) is 16.6. The summed E-state index contributed by atoms with van der Waals surface area (Å²) in [7, 11) is 4.30. The van der Waals surface area contributed by atoms with Crippen molar-refractivity contribution in [2.45, 2.75) is 44.7 Å². The Morgan fingerprint density at radius 3 is 2.46 bits per heavy atom. The fourth-order valence-electron chi connectivity index (χ4n) is 3.44. The van der Waals surface area contributed by atoms with Gasteiger partial charge < -0.3 is 21.3 Å². The monoisotopic (exact) mass is 401 g/mol. The van der Waals surface area contributed by atoms with Crippen molar-refractivity contribution in [1.82, 2.24) is 14.9 Å². The van der Waals surface area contributed by atoms with Gasteiger partial charge in [-0.1, -0.05) is 11.6 Å². The zero-order valence-corrected chi connectivity index (χ0v) is 17.4. The van der Waals surface area contributed by atoms with Crippen molar-refractivity contribution in [1.29, 1.82) is 0 Å². The van der Waals surface area contributed by atoms with Gasteiger partial charge >= 0.3 is 0 Å². The molecule has 0 bridgehead atoms. The molecule has 28 heavy (non-hydrogen) atoms. The van der Waals surface area contributed by atoms with E-state index in [1.165, 1.54) is 12.8 Å². The number of aromatic nitrogens is 2. The van der Waals surface area contributed by atoms with Crippen LogP contribution in [0.5, 0.6) is 0 Å². The van der Waals surface area contributed by atoms with Crippen LogP contribution in [0.2, 0.25) is 5.02 Å². The number of benzene rings is 1. The predicted octanol–water partition coefficient (Wildman–Crippen LogP) is 3.78. The second kappa shape index (κ2) is 9.21. The molecular formula is C20H28ClN7. The summed E-state index contributed by atoms with van der Waals surface area (Å²) in [6, 6.07) is 10.3. The molecular weight excluding hydrogens is 374 g/mol. The minimum Gasteiger partial charge on any atom is -0.369 e. The number of hydrogen-bond donors (Lipinski definition) is 3. The topological polar surface area (TPSA) is 91.5 Å². The molecule has 2 aromatic rings. The predicted molar refractivity (Wildman–Crippen MR) is 116 cm³/mol. The number of aliphatic imine (C=N–C) groups is 1. The highest BCUT2D eigenvalue weighted by molar-refractivity contribution is 6.30. The number of halogens is 1. The van der Waals surface area contributed by atoms with Crippen molar-refractivity contribution in [3.8, 4) is 0 Å². The number of nitrogens with two attached hydrogens (primary N) is 1. The third kappa shape index (κ3) is 5.81. The number of aryl methyl sites for hydroxylation is 1. The molecule has 1 heterocycles. The van der Waals surface area contributed by atoms with Crippen molar-refractivity contribution < 1.29 is 0 Å². The normalized spacial score (nSPS) is 20.2. The second-order valence-electron chi connectivity index (χ2n) is 7.44. The summed E-state index contributed by atoms with van der Waals surface area (Å²) in [4.78, 5) is 15.5. The first-order valence-corrected chi connectivity index (χ1v) is 9.92. The number of anilines is 2. The lowest BCUT2D eigenvalue weighted by atomic mass is 9.90. The average Bonchev–Trinajstić information content (AvgIpc) is 2.63. The first-order valence-electron chi connectivity index (χ1n) is 9.54. The van der Waals surface area contributed by atoms with Crippen LogP contribution in [0.15, 0.2) is 35.3 Å². The highest BCUT2D eigenvalue weighted by atomic mass is 35.5. The lowest BCUT2D eigenvalue weighted by Gasteiger charge is -2.33. The summed E-state index contributed by atoms with van der Waals surface area (Å²) in [6.07, 6.45) is 4.64. The van der Waals surface area contributed by atoms with E-state index < -0.39 is 0 Å². The molecule has 8 heteroatoms. The van der Waals surface area contributed by atoms with Crippen LogP contribution in [-0.4, -0.2) is 47.0 Å². The van der Waals surface area contributed by atoms with E-state index >= 15 is 0 Å². The smallest absolute Gasteiger partial charge is 0.254 e. The maximum absolute atomic E-state index is 6.00. The fraction of sp³-hybridized carbons (Fsp3) is 0.450. The lowest BCUT2D eigenvalue weighted by Crippen LogP contribution is -2.36. The van der Waals surface area contributed by atoms with Gasteiger partial charge in [-0.05, 0) is 71.0 Å². The molecule has 1 aliphatic rings. The van der Waals surface area contributed by atoms with Gasteiger partial charge in [0, 0.05) is 34.6 Å². The third-order valence-electron chi connectivity index (χ3n) is 4.96. The van der Waals surface area contributed by atoms with Gasteiger partial charge in [0.15, 0.2) is 0 Å². The first-order chi connectivity index (χ1) is 13.4. The molecule has 0 amide bonds. The van der Waals surface area contributed by atoms with Crippen LogP contribution >= 0.6 is 11.6 Å². The molecule has 7 nitrogen and oxygen atoms in total. The van der Waals surface area contributed by atoms with E-state index in [9.17, 15) is 0 Å². The van der Waals surface area contributed by atoms with Crippen LogP contribution in [-0.2, 0) is 0 Å². The van der Waals surface area contributed by atoms with Crippen LogP contribution < -0.4 is 16.4 Å². The Bertz CT molecular complexity index is 812. The van der Waals surface area contributed by atoms with Gasteiger partial charge in [0.2, 0.25) is 5.96 Å². The van der Waals surface area contributed by atoms with Crippen molar-refractivity contribution in [2.24, 2.45) is 10.7 Å². The Kier molecular flexibility index (Phi) is 6.70. The molecule has 1 aromatic heterocycles. The summed E-state index contributed by atoms with van der Waals surface area (Å²) >= 11 is 5.90. The quantitative estimate of drug-likeness (QED) is 0.521. The number of nitrogens with zero attached hydrogens (tertiary/aromatic N) is 4. The SMILES string of the molecule is Cc1cc(NC2CCC(N(C)C)CC2)nc(/N=C(\N)Nc2ccc(Cl)cc2)n1. The third-order valence-corrected chi connectivity index (χ3v) is 5.21. The Morgan fingerprint density at radius 1 is 1.14 bits per heavy atom. The standard InChI is InChI=1S/C20H28ClN7/c1-13-12-18(24-15-8-10-17(11-9-15)28(2)3)26-20(23-13)27-19(22)25-16-6-4-14(21)5-7-16/h4-7,12,15,17H,8-11H2,1-3H3,(H4,22,23,24,25,26,27). The molecule has 1 aliphatic carbocycles. The molecule has 0 unspecified atom stereocenters. The number of guanidine groups is 1. The molecule has 3 rings (SSSR count). The number of hydrogen-bond acceptors (Lipinski definition) is 5. The molecule has 0 saturated heterocycles. The summed E-state index contributed by atoms with van der Waals surface area (Å²) in [5, 5.41) is 7.22. The maximum atomic E-state index is 6.00. The summed E-state index contributed by atoms with van der Waals surface area (Å²) in [6.45, 7) is 1.93. The van der Waals surface area contributed by atoms with E-state index in [2.05, 4.69) is 44.6 Å². The van der Waals surface area contributed by atoms with Crippen molar-refractivity contribution in [2.75, 3.05) is 24.7 Å². The average molecular weight is 402 g/mol. The van der Waals surface area contributed by atoms with Crippen LogP contribution in [0.3, 0.4) is 0 Å². The maximum Gasteiger partial charge on any atom is 0.254 e. The van der Waals surface area contributed by atoms with Crippen LogP contribution in [0.25, 0.3) is 0 Å². The van der Waals surface area contributed by atoms with Gasteiger partial charge in [-0.3, -0.25) is 0 Å². The van der Waals surface area contributed by atoms with Crippen molar-refractivity contribution >= 4 is 35.0 Å². The fourth-order valence-corrected chi connectivity index (χ4v) is 3.57. The molecule has 0 aliphatic heterocycles. The minimum atomic E-state index is 0.227. The molecule has 0 atom stereocenters. The molecule has 1 saturated carbocycles. The van der Waals surface area contributed by atoms with E-state index in [-0.39, 0.29) is 5.96 Å². The van der Waals surface area contributed by atoms with Gasteiger partial charge in [-0.25, -0.2) is 4.98 Å². The Hall–Kier alpha value is -2.38. The summed E-state index contributed by atoms with van der Waals surface area (Å²) in [5.74, 6) is 1.35. The first kappa shape index (κ1) is 20.4. The number of rotatable bonds is 5. The highest BCUT2D eigenvalue weighted by Gasteiger charge is 2.22. The molecule has 1 aromatic carbocycles. The summed E-state index contributed by atoms with van der Waals surface area (Å²) in [5.41, 5.74) is 7.65. The van der Waals surface area contributed by atoms with Crippen LogP contribution in [0, 0.1) is 6.92 Å². The van der Waals surface area contributed by atoms with Gasteiger partial charge in [-0.15, -0.1) is 0 Å². The van der Waals surface area contributed by atoms with E-state index in [4.69, 9.17) is 17.3 Å². The van der Waals surface area contributed by atoms with Gasteiger partial charge in [0.25, 0.3) is 5.95 Å². The van der Waals surface area contributed by atoms with E-state index in [0.717, 1.165) is 30.0 Å². The van der Waals surface area contributed by atoms with E-state index in [1.54, 1.807) is 12.1 Å². The Balaban J connectivity index is 1.65. The number of nitrogens with one attached hydrogen (secondary N) is 2. The molecule has 150 valence electrons. The molecule has 0 radical (unpaired) electrons. The van der Waals surface area contributed by atoms with Gasteiger partial charge in [0.1, 0.15) is 5.82 Å². The van der Waals surface area contributed by atoms with Gasteiger partial charge in [-0.2, -0.15) is 9.98 Å². The Labute approximate surface area is 171 Å². The minimum absolute atomic E-state index is 0.227. The van der Waals surface area contributed by atoms with Crippen LogP contribution in [0.1, 0.15) is 31.4 Å².